The van der Waals surface area contributed by atoms with Gasteiger partial charge in [0.25, 0.3) is 0 Å². The molecule has 0 aliphatic heterocycles. The highest BCUT2D eigenvalue weighted by molar-refractivity contribution is 5.61. The molecule has 1 aromatic rings. The number of aromatic hydroxyl groups is 1. The first kappa shape index (κ1) is 10.2. The summed E-state index contributed by atoms with van der Waals surface area (Å²) in [5.41, 5.74) is 3.10. The molecule has 0 amide bonds. The van der Waals surface area contributed by atoms with E-state index >= 15 is 0 Å². The van der Waals surface area contributed by atoms with Gasteiger partial charge in [-0.3, -0.25) is 0 Å². The van der Waals surface area contributed by atoms with Crippen molar-refractivity contribution in [3.8, 4) is 5.75 Å². The monoisotopic (exact) mass is 204 g/mol. The second-order valence-corrected chi connectivity index (χ2v) is 4.40. The van der Waals surface area contributed by atoms with E-state index in [1.165, 1.54) is 0 Å². The molecule has 0 radical (unpaired) electrons. The predicted octanol–water partition coefficient (Wildman–Crippen LogP) is 2.45. The van der Waals surface area contributed by atoms with Crippen LogP contribution in [0.3, 0.4) is 0 Å². The van der Waals surface area contributed by atoms with Gasteiger partial charge in [-0.15, -0.1) is 0 Å². The van der Waals surface area contributed by atoms with Crippen LogP contribution in [0.5, 0.6) is 5.75 Å². The Kier molecular flexibility index (Phi) is 2.53. The second kappa shape index (κ2) is 3.70. The van der Waals surface area contributed by atoms with Gasteiger partial charge in [-0.1, -0.05) is 26.0 Å². The maximum Gasteiger partial charge on any atom is 0.119 e. The topological polar surface area (TPSA) is 40.5 Å². The number of rotatable bonds is 1. The van der Waals surface area contributed by atoms with Gasteiger partial charge >= 0.3 is 0 Å². The Morgan fingerprint density at radius 1 is 1.33 bits per heavy atom. The Morgan fingerprint density at radius 3 is 2.73 bits per heavy atom. The van der Waals surface area contributed by atoms with Gasteiger partial charge in [-0.05, 0) is 34.7 Å². The number of phenolic OH excluding ortho intramolecular Hbond substituents is 1. The lowest BCUT2D eigenvalue weighted by Crippen LogP contribution is -2.11. The molecule has 1 unspecified atom stereocenters. The Hall–Kier alpha value is -1.28. The summed E-state index contributed by atoms with van der Waals surface area (Å²) in [6.07, 6.45) is 3.90. The molecule has 0 saturated carbocycles. The first-order chi connectivity index (χ1) is 7.08. The van der Waals surface area contributed by atoms with E-state index in [1.807, 2.05) is 12.1 Å². The summed E-state index contributed by atoms with van der Waals surface area (Å²) in [4.78, 5) is 0. The van der Waals surface area contributed by atoms with Crippen molar-refractivity contribution >= 4 is 6.08 Å². The minimum absolute atomic E-state index is 0.315. The van der Waals surface area contributed by atoms with Crippen LogP contribution in [0.4, 0.5) is 0 Å². The highest BCUT2D eigenvalue weighted by Crippen LogP contribution is 2.31. The molecular weight excluding hydrogens is 188 g/mol. The van der Waals surface area contributed by atoms with Crippen LogP contribution in [0, 0.1) is 0 Å². The summed E-state index contributed by atoms with van der Waals surface area (Å²) in [6.45, 7) is 4.12. The molecule has 80 valence electrons. The van der Waals surface area contributed by atoms with Gasteiger partial charge < -0.3 is 10.2 Å². The molecule has 0 saturated heterocycles. The minimum atomic E-state index is -0.415. The summed E-state index contributed by atoms with van der Waals surface area (Å²) in [7, 11) is 0. The van der Waals surface area contributed by atoms with E-state index in [2.05, 4.69) is 13.8 Å². The van der Waals surface area contributed by atoms with Crippen LogP contribution in [-0.4, -0.2) is 16.3 Å². The van der Waals surface area contributed by atoms with Crippen LogP contribution in [0.25, 0.3) is 6.08 Å². The highest BCUT2D eigenvalue weighted by Gasteiger charge is 2.15. The van der Waals surface area contributed by atoms with E-state index in [0.717, 1.165) is 16.7 Å². The first-order valence-electron chi connectivity index (χ1n) is 5.30. The molecule has 2 N–H and O–H groups in total. The molecule has 0 spiro atoms. The Morgan fingerprint density at radius 2 is 2.07 bits per heavy atom. The molecule has 1 atom stereocenters. The smallest absolute Gasteiger partial charge is 0.119 e. The van der Waals surface area contributed by atoms with Crippen molar-refractivity contribution in [2.75, 3.05) is 0 Å². The van der Waals surface area contributed by atoms with E-state index in [0.29, 0.717) is 18.1 Å². The van der Waals surface area contributed by atoms with Crippen molar-refractivity contribution in [2.45, 2.75) is 32.3 Å². The summed E-state index contributed by atoms with van der Waals surface area (Å²) in [5, 5.41) is 19.3. The maximum absolute atomic E-state index is 9.82. The van der Waals surface area contributed by atoms with Crippen LogP contribution in [0.1, 0.15) is 36.5 Å². The van der Waals surface area contributed by atoms with Gasteiger partial charge in [0.05, 0.1) is 6.10 Å². The van der Waals surface area contributed by atoms with E-state index in [9.17, 15) is 10.2 Å². The fourth-order valence-corrected chi connectivity index (χ4v) is 1.97. The molecule has 2 nitrogen and oxygen atoms in total. The van der Waals surface area contributed by atoms with Gasteiger partial charge in [0, 0.05) is 6.42 Å². The Bertz CT molecular complexity index is 405. The number of hydrogen-bond acceptors (Lipinski definition) is 2. The van der Waals surface area contributed by atoms with Crippen molar-refractivity contribution in [2.24, 2.45) is 0 Å². The number of aliphatic hydroxyl groups is 1. The van der Waals surface area contributed by atoms with Crippen molar-refractivity contribution in [1.29, 1.82) is 0 Å². The third kappa shape index (κ3) is 1.90. The average Bonchev–Trinajstić information content (AvgIpc) is 2.15. The summed E-state index contributed by atoms with van der Waals surface area (Å²) >= 11 is 0. The molecule has 1 aliphatic carbocycles. The highest BCUT2D eigenvalue weighted by atomic mass is 16.3. The average molecular weight is 204 g/mol. The second-order valence-electron chi connectivity index (χ2n) is 4.40. The van der Waals surface area contributed by atoms with Crippen molar-refractivity contribution in [3.05, 3.63) is 34.9 Å². The number of phenols is 1. The van der Waals surface area contributed by atoms with Gasteiger partial charge in [0.15, 0.2) is 0 Å². The molecule has 15 heavy (non-hydrogen) atoms. The lowest BCUT2D eigenvalue weighted by atomic mass is 9.90. The third-order valence-corrected chi connectivity index (χ3v) is 2.84. The SMILES string of the molecule is CC(C)c1cc2c(cc1O)CC(O)C=C2. The maximum atomic E-state index is 9.82. The lowest BCUT2D eigenvalue weighted by molar-refractivity contribution is 0.223. The minimum Gasteiger partial charge on any atom is -0.508 e. The number of fused-ring (bicyclic) bond motifs is 1. The predicted molar refractivity (Wildman–Crippen MR) is 60.9 cm³/mol. The standard InChI is InChI=1S/C13H16O2/c1-8(2)12-6-9-3-4-11(14)5-10(9)7-13(12)15/h3-4,6-8,11,14-15H,5H2,1-2H3. The normalized spacial score (nSPS) is 19.3. The largest absolute Gasteiger partial charge is 0.508 e. The van der Waals surface area contributed by atoms with E-state index in [1.54, 1.807) is 12.1 Å². The zero-order valence-electron chi connectivity index (χ0n) is 9.07. The van der Waals surface area contributed by atoms with E-state index in [4.69, 9.17) is 0 Å². The Labute approximate surface area is 89.9 Å². The number of aliphatic hydroxyl groups excluding tert-OH is 1. The van der Waals surface area contributed by atoms with Crippen molar-refractivity contribution < 1.29 is 10.2 Å². The Balaban J connectivity index is 2.49. The summed E-state index contributed by atoms with van der Waals surface area (Å²) < 4.78 is 0. The molecule has 0 heterocycles. The first-order valence-corrected chi connectivity index (χ1v) is 5.30. The quantitative estimate of drug-likeness (QED) is 0.737. The van der Waals surface area contributed by atoms with E-state index in [-0.39, 0.29) is 0 Å². The zero-order chi connectivity index (χ0) is 11.0. The molecule has 1 aliphatic rings. The lowest BCUT2D eigenvalue weighted by Gasteiger charge is -2.18. The molecule has 2 heteroatoms. The van der Waals surface area contributed by atoms with E-state index < -0.39 is 6.10 Å². The summed E-state index contributed by atoms with van der Waals surface area (Å²) in [6, 6.07) is 3.79. The van der Waals surface area contributed by atoms with Gasteiger partial charge in [-0.25, -0.2) is 0 Å². The fraction of sp³-hybridized carbons (Fsp3) is 0.385. The van der Waals surface area contributed by atoms with Gasteiger partial charge in [-0.2, -0.15) is 0 Å². The van der Waals surface area contributed by atoms with Crippen molar-refractivity contribution in [1.82, 2.24) is 0 Å². The van der Waals surface area contributed by atoms with Crippen LogP contribution in [0.2, 0.25) is 0 Å². The number of hydrogen-bond donors (Lipinski definition) is 2. The number of benzene rings is 1. The van der Waals surface area contributed by atoms with Gasteiger partial charge in [0.2, 0.25) is 0 Å². The van der Waals surface area contributed by atoms with Crippen LogP contribution in [0.15, 0.2) is 18.2 Å². The van der Waals surface area contributed by atoms with Crippen molar-refractivity contribution in [3.63, 3.8) is 0 Å². The van der Waals surface area contributed by atoms with Crippen LogP contribution < -0.4 is 0 Å². The third-order valence-electron chi connectivity index (χ3n) is 2.84. The molecular formula is C13H16O2. The fourth-order valence-electron chi connectivity index (χ4n) is 1.97. The molecule has 0 bridgehead atoms. The zero-order valence-corrected chi connectivity index (χ0v) is 9.07. The van der Waals surface area contributed by atoms with Crippen LogP contribution in [-0.2, 0) is 6.42 Å². The molecule has 0 fully saturated rings. The molecule has 0 aromatic heterocycles. The molecule has 1 aromatic carbocycles. The molecule has 2 rings (SSSR count). The summed E-state index contributed by atoms with van der Waals surface area (Å²) in [5.74, 6) is 0.654. The van der Waals surface area contributed by atoms with Crippen LogP contribution >= 0.6 is 0 Å². The van der Waals surface area contributed by atoms with Gasteiger partial charge in [0.1, 0.15) is 5.75 Å².